The Morgan fingerprint density at radius 2 is 1.59 bits per heavy atom. The quantitative estimate of drug-likeness (QED) is 0.0916. The molecule has 0 spiro atoms. The molecular formula is C54H85NO14. The summed E-state index contributed by atoms with van der Waals surface area (Å²) < 4.78 is 35.8. The minimum Gasteiger partial charge on any atom is -0.460 e. The summed E-state index contributed by atoms with van der Waals surface area (Å²) in [6, 6.07) is -1.14. The molecule has 4 aliphatic rings. The first-order valence-corrected chi connectivity index (χ1v) is 25.5. The maximum absolute atomic E-state index is 14.5. The molecular weight excluding hydrogens is 887 g/mol. The van der Waals surface area contributed by atoms with Gasteiger partial charge in [-0.1, -0.05) is 71.1 Å². The van der Waals surface area contributed by atoms with Gasteiger partial charge in [0.25, 0.3) is 11.7 Å². The van der Waals surface area contributed by atoms with Crippen LogP contribution in [0.25, 0.3) is 0 Å². The topological polar surface area (TPSA) is 205 Å². The first-order valence-electron chi connectivity index (χ1n) is 25.5. The van der Waals surface area contributed by atoms with Crippen LogP contribution in [-0.2, 0) is 52.4 Å². The van der Waals surface area contributed by atoms with E-state index in [1.165, 1.54) is 12.0 Å². The van der Waals surface area contributed by atoms with E-state index in [2.05, 4.69) is 0 Å². The molecule has 3 fully saturated rings. The molecule has 0 aromatic heterocycles. The van der Waals surface area contributed by atoms with Gasteiger partial charge in [-0.3, -0.25) is 19.2 Å². The van der Waals surface area contributed by atoms with Crippen LogP contribution in [0.1, 0.15) is 132 Å². The molecule has 0 radical (unpaired) electrons. The van der Waals surface area contributed by atoms with Gasteiger partial charge in [-0.25, -0.2) is 4.79 Å². The van der Waals surface area contributed by atoms with Gasteiger partial charge in [0.1, 0.15) is 30.1 Å². The molecule has 3 aliphatic heterocycles. The van der Waals surface area contributed by atoms with Gasteiger partial charge in [-0.2, -0.15) is 0 Å². The van der Waals surface area contributed by atoms with Gasteiger partial charge in [-0.15, -0.1) is 0 Å². The van der Waals surface area contributed by atoms with Crippen LogP contribution in [0.4, 0.5) is 0 Å². The summed E-state index contributed by atoms with van der Waals surface area (Å²) in [4.78, 5) is 72.2. The third-order valence-corrected chi connectivity index (χ3v) is 15.1. The second kappa shape index (κ2) is 28.0. The lowest BCUT2D eigenvalue weighted by Crippen LogP contribution is -2.61. The smallest absolute Gasteiger partial charge is 0.329 e. The number of methoxy groups -OCH3 is 3. The molecule has 2 unspecified atom stereocenters. The highest BCUT2D eigenvalue weighted by molar-refractivity contribution is 6.39. The van der Waals surface area contributed by atoms with Gasteiger partial charge in [0.15, 0.2) is 5.78 Å². The van der Waals surface area contributed by atoms with Crippen LogP contribution in [-0.4, -0.2) is 145 Å². The van der Waals surface area contributed by atoms with E-state index in [1.807, 2.05) is 58.1 Å². The Labute approximate surface area is 411 Å². The highest BCUT2D eigenvalue weighted by Gasteiger charge is 2.53. The van der Waals surface area contributed by atoms with Crippen LogP contribution in [0.3, 0.4) is 0 Å². The summed E-state index contributed by atoms with van der Waals surface area (Å²) in [6.07, 6.45) is 12.7. The second-order valence-corrected chi connectivity index (χ2v) is 20.5. The number of fused-ring (bicyclic) bond motifs is 3. The van der Waals surface area contributed by atoms with Crippen molar-refractivity contribution in [3.05, 3.63) is 47.6 Å². The molecule has 4 rings (SSSR count). The zero-order valence-corrected chi connectivity index (χ0v) is 43.1. The molecule has 1 amide bonds. The lowest BCUT2D eigenvalue weighted by atomic mass is 9.78. The molecule has 390 valence electrons. The predicted molar refractivity (Wildman–Crippen MR) is 261 cm³/mol. The van der Waals surface area contributed by atoms with Crippen molar-refractivity contribution in [2.75, 3.05) is 41.1 Å². The Bertz CT molecular complexity index is 1830. The van der Waals surface area contributed by atoms with E-state index < -0.39 is 77.8 Å². The SMILES string of the molecule is CO[C@H]1CC2CC[C@@H](C)[C@@](O)(O2)C(=O)C(=O)N2CCCCC2C(=O)O[C@H]([C@H](C)C[C@@H]2CC[C@@H](OCCCO)[C@H](OC)C2)CC(=O)[C@H](C)/C=C(\C)[C@@H](O)[C@@H](OC)C(=O)[C@H](C)C[C@H](C)/C=C/C=C/C=C/1C. The van der Waals surface area contributed by atoms with E-state index in [4.69, 9.17) is 28.4 Å². The summed E-state index contributed by atoms with van der Waals surface area (Å²) in [5.74, 6) is -7.92. The summed E-state index contributed by atoms with van der Waals surface area (Å²) in [6.45, 7) is 13.3. The van der Waals surface area contributed by atoms with Crippen LogP contribution in [0.2, 0.25) is 0 Å². The fraction of sp³-hybridized carbons (Fsp3) is 0.759. The number of ketones is 3. The third kappa shape index (κ3) is 16.0. The van der Waals surface area contributed by atoms with Crippen LogP contribution in [0, 0.1) is 35.5 Å². The molecule has 2 bridgehead atoms. The average Bonchev–Trinajstić information content (AvgIpc) is 3.33. The van der Waals surface area contributed by atoms with Crippen molar-refractivity contribution < 1.29 is 67.7 Å². The van der Waals surface area contributed by atoms with Gasteiger partial charge in [0, 0.05) is 71.7 Å². The fourth-order valence-corrected chi connectivity index (χ4v) is 10.6. The number of allylic oxidation sites excluding steroid dienone is 6. The number of aliphatic hydroxyl groups is 3. The minimum absolute atomic E-state index is 0.0163. The van der Waals surface area contributed by atoms with Gasteiger partial charge < -0.3 is 48.6 Å². The molecule has 15 nitrogen and oxygen atoms in total. The zero-order valence-electron chi connectivity index (χ0n) is 43.1. The number of carbonyl (C=O) groups is 5. The van der Waals surface area contributed by atoms with E-state index in [0.717, 1.165) is 18.4 Å². The third-order valence-electron chi connectivity index (χ3n) is 15.1. The Morgan fingerprint density at radius 3 is 2.28 bits per heavy atom. The van der Waals surface area contributed by atoms with Gasteiger partial charge >= 0.3 is 5.97 Å². The summed E-state index contributed by atoms with van der Waals surface area (Å²) in [5.41, 5.74) is 1.27. The Kier molecular flexibility index (Phi) is 23.6. The van der Waals surface area contributed by atoms with Crippen LogP contribution in [0.15, 0.2) is 47.6 Å². The number of hydrogen-bond acceptors (Lipinski definition) is 14. The Morgan fingerprint density at radius 1 is 0.855 bits per heavy atom. The van der Waals surface area contributed by atoms with Crippen LogP contribution < -0.4 is 0 Å². The summed E-state index contributed by atoms with van der Waals surface area (Å²) in [5, 5.41) is 32.7. The van der Waals surface area contributed by atoms with Crippen molar-refractivity contribution in [3.63, 3.8) is 0 Å². The molecule has 0 aromatic carbocycles. The molecule has 15 atom stereocenters. The zero-order chi connectivity index (χ0) is 51.0. The molecule has 15 heteroatoms. The Balaban J connectivity index is 1.69. The van der Waals surface area contributed by atoms with E-state index in [1.54, 1.807) is 41.1 Å². The molecule has 1 saturated carbocycles. The number of rotatable bonds is 10. The van der Waals surface area contributed by atoms with Crippen molar-refractivity contribution in [2.24, 2.45) is 35.5 Å². The van der Waals surface area contributed by atoms with E-state index in [9.17, 15) is 39.3 Å². The molecule has 1 aliphatic carbocycles. The number of nitrogens with zero attached hydrogens (tertiary/aromatic N) is 1. The predicted octanol–water partition coefficient (Wildman–Crippen LogP) is 6.59. The van der Waals surface area contributed by atoms with Crippen molar-refractivity contribution in [3.8, 4) is 0 Å². The number of cyclic esters (lactones) is 1. The average molecular weight is 972 g/mol. The van der Waals surface area contributed by atoms with Gasteiger partial charge in [0.2, 0.25) is 5.79 Å². The van der Waals surface area contributed by atoms with Crippen molar-refractivity contribution in [2.45, 2.75) is 186 Å². The van der Waals surface area contributed by atoms with Crippen LogP contribution in [0.5, 0.6) is 0 Å². The number of piperidine rings is 1. The standard InChI is InChI=1S/C54H85NO14/c1-33-17-12-11-13-18-34(2)45(64-8)31-41-22-20-39(7)54(63,69-41)51(60)52(61)55-24-15-14-19-42(55)53(62)68-46(36(4)29-40-21-23-44(47(30-40)65-9)67-26-16-25-56)32-43(57)35(3)28-38(6)49(59)50(66-10)48(58)37(5)27-33/h11-13,17-18,28,33,35-37,39-42,44-47,49-50,56,59,63H,14-16,19-27,29-32H2,1-10H3/b13-11+,17-12+,34-18+,38-28+/t33-,35-,36-,37-,39-,40+,41?,42?,44-,45+,46+,47-,49-,50+,54-/m1/s1. The van der Waals surface area contributed by atoms with Crippen molar-refractivity contribution in [1.82, 2.24) is 4.90 Å². The number of aliphatic hydroxyl groups excluding tert-OH is 2. The number of amides is 1. The normalized spacial score (nSPS) is 38.8. The summed E-state index contributed by atoms with van der Waals surface area (Å²) in [7, 11) is 4.61. The van der Waals surface area contributed by atoms with Gasteiger partial charge in [0.05, 0.1) is 24.4 Å². The Hall–Kier alpha value is -3.41. The maximum atomic E-state index is 14.5. The van der Waals surface area contributed by atoms with E-state index >= 15 is 0 Å². The largest absolute Gasteiger partial charge is 0.460 e. The van der Waals surface area contributed by atoms with Crippen molar-refractivity contribution >= 4 is 29.2 Å². The molecule has 0 aromatic rings. The van der Waals surface area contributed by atoms with Crippen LogP contribution >= 0.6 is 0 Å². The van der Waals surface area contributed by atoms with Gasteiger partial charge in [-0.05, 0) is 113 Å². The lowest BCUT2D eigenvalue weighted by molar-refractivity contribution is -0.265. The minimum atomic E-state index is -2.43. The monoisotopic (exact) mass is 972 g/mol. The fourth-order valence-electron chi connectivity index (χ4n) is 10.6. The molecule has 69 heavy (non-hydrogen) atoms. The lowest BCUT2D eigenvalue weighted by Gasteiger charge is -2.42. The number of carbonyl (C=O) groups excluding carboxylic acids is 5. The number of Topliss-reactive ketones (excluding diaryl/α,β-unsaturated/α-hetero) is 3. The highest BCUT2D eigenvalue weighted by atomic mass is 16.6. The number of esters is 1. The first-order chi connectivity index (χ1) is 32.8. The number of ether oxygens (including phenoxy) is 6. The second-order valence-electron chi connectivity index (χ2n) is 20.5. The maximum Gasteiger partial charge on any atom is 0.329 e. The van der Waals surface area contributed by atoms with E-state index in [-0.39, 0.29) is 67.5 Å². The summed E-state index contributed by atoms with van der Waals surface area (Å²) >= 11 is 0. The molecule has 3 heterocycles. The number of hydrogen-bond donors (Lipinski definition) is 3. The molecule has 3 N–H and O–H groups in total. The van der Waals surface area contributed by atoms with Crippen molar-refractivity contribution in [1.29, 1.82) is 0 Å². The molecule has 2 saturated heterocycles. The van der Waals surface area contributed by atoms with E-state index in [0.29, 0.717) is 70.0 Å². The highest BCUT2D eigenvalue weighted by Crippen LogP contribution is 2.38. The first kappa shape index (κ1) is 58.2.